The molecule has 3 heteroatoms. The van der Waals surface area contributed by atoms with Crippen LogP contribution in [0.15, 0.2) is 22.7 Å². The number of hydrogen-bond acceptors (Lipinski definition) is 2. The van der Waals surface area contributed by atoms with Crippen molar-refractivity contribution in [3.05, 3.63) is 34.0 Å². The van der Waals surface area contributed by atoms with E-state index >= 15 is 0 Å². The zero-order chi connectivity index (χ0) is 8.27. The van der Waals surface area contributed by atoms with E-state index in [1.54, 1.807) is 12.3 Å². The van der Waals surface area contributed by atoms with Gasteiger partial charge in [-0.2, -0.15) is 0 Å². The van der Waals surface area contributed by atoms with E-state index in [1.807, 2.05) is 19.1 Å². The number of thiol groups is 1. The first-order valence-electron chi connectivity index (χ1n) is 3.17. The molecule has 0 radical (unpaired) electrons. The maximum absolute atomic E-state index is 5.55. The van der Waals surface area contributed by atoms with Gasteiger partial charge in [-0.3, -0.25) is 4.98 Å². The van der Waals surface area contributed by atoms with Crippen LogP contribution in [0.4, 0.5) is 0 Å². The Balaban J connectivity index is 2.91. The van der Waals surface area contributed by atoms with E-state index < -0.39 is 0 Å². The molecule has 1 aromatic rings. The molecule has 1 heterocycles. The topological polar surface area (TPSA) is 12.9 Å². The van der Waals surface area contributed by atoms with Crippen molar-refractivity contribution < 1.29 is 0 Å². The van der Waals surface area contributed by atoms with Gasteiger partial charge < -0.3 is 0 Å². The highest BCUT2D eigenvalue weighted by Gasteiger charge is 1.88. The van der Waals surface area contributed by atoms with Crippen molar-refractivity contribution in [2.24, 2.45) is 0 Å². The summed E-state index contributed by atoms with van der Waals surface area (Å²) in [4.78, 5) is 4.10. The van der Waals surface area contributed by atoms with Crippen molar-refractivity contribution in [2.75, 3.05) is 0 Å². The third-order valence-corrected chi connectivity index (χ3v) is 1.46. The average Bonchev–Trinajstić information content (AvgIpc) is 1.93. The third-order valence-electron chi connectivity index (χ3n) is 1.22. The van der Waals surface area contributed by atoms with Crippen LogP contribution in [-0.2, 0) is 0 Å². The van der Waals surface area contributed by atoms with Gasteiger partial charge in [0.25, 0.3) is 0 Å². The van der Waals surface area contributed by atoms with E-state index in [9.17, 15) is 0 Å². The summed E-state index contributed by atoms with van der Waals surface area (Å²) < 4.78 is 0.468. The van der Waals surface area contributed by atoms with Gasteiger partial charge >= 0.3 is 0 Å². The summed E-state index contributed by atoms with van der Waals surface area (Å²) in [6.45, 7) is 1.94. The lowest BCUT2D eigenvalue weighted by atomic mass is 10.2. The predicted octanol–water partition coefficient (Wildman–Crippen LogP) is 2.86. The van der Waals surface area contributed by atoms with Crippen LogP contribution in [0.25, 0.3) is 6.08 Å². The molecule has 0 fully saturated rings. The molecule has 0 spiro atoms. The van der Waals surface area contributed by atoms with Gasteiger partial charge in [0.15, 0.2) is 0 Å². The predicted molar refractivity (Wildman–Crippen MR) is 51.8 cm³/mol. The standard InChI is InChI=1S/C8H8ClNS/c1-6-2-3-7(5-10-6)4-8(9)11/h2-5,11H,1H3/b8-4-. The van der Waals surface area contributed by atoms with Gasteiger partial charge in [-0.05, 0) is 24.6 Å². The zero-order valence-electron chi connectivity index (χ0n) is 6.08. The van der Waals surface area contributed by atoms with Crippen LogP contribution >= 0.6 is 24.2 Å². The normalized spacial score (nSPS) is 11.7. The van der Waals surface area contributed by atoms with Crippen LogP contribution in [0.2, 0.25) is 0 Å². The molecule has 58 valence electrons. The quantitative estimate of drug-likeness (QED) is 0.664. The number of pyridine rings is 1. The largest absolute Gasteiger partial charge is 0.261 e. The average molecular weight is 186 g/mol. The molecule has 1 aromatic heterocycles. The highest BCUT2D eigenvalue weighted by atomic mass is 35.5. The molecule has 0 unspecified atom stereocenters. The molecule has 0 aliphatic carbocycles. The Hall–Kier alpha value is -0.470. The maximum atomic E-state index is 5.55. The molecule has 0 aliphatic heterocycles. The van der Waals surface area contributed by atoms with Crippen LogP contribution in [0.5, 0.6) is 0 Å². The van der Waals surface area contributed by atoms with E-state index in [0.29, 0.717) is 4.36 Å². The summed E-state index contributed by atoms with van der Waals surface area (Å²) in [5, 5.41) is 0. The molecule has 1 nitrogen and oxygen atoms in total. The van der Waals surface area contributed by atoms with Gasteiger partial charge in [-0.1, -0.05) is 17.7 Å². The fraction of sp³-hybridized carbons (Fsp3) is 0.125. The number of halogens is 1. The van der Waals surface area contributed by atoms with Crippen LogP contribution in [-0.4, -0.2) is 4.98 Å². The highest BCUT2D eigenvalue weighted by Crippen LogP contribution is 2.12. The van der Waals surface area contributed by atoms with Crippen molar-refractivity contribution in [3.63, 3.8) is 0 Å². The summed E-state index contributed by atoms with van der Waals surface area (Å²) in [5.41, 5.74) is 1.97. The minimum absolute atomic E-state index is 0.468. The molecule has 0 saturated carbocycles. The summed E-state index contributed by atoms with van der Waals surface area (Å²) in [5.74, 6) is 0. The fourth-order valence-corrected chi connectivity index (χ4v) is 0.977. The van der Waals surface area contributed by atoms with Crippen molar-refractivity contribution in [3.8, 4) is 0 Å². The molecule has 0 amide bonds. The highest BCUT2D eigenvalue weighted by molar-refractivity contribution is 7.86. The molecule has 0 atom stereocenters. The Morgan fingerprint density at radius 1 is 1.64 bits per heavy atom. The Labute approximate surface area is 76.5 Å². The first-order chi connectivity index (χ1) is 5.18. The van der Waals surface area contributed by atoms with Crippen LogP contribution in [0.3, 0.4) is 0 Å². The number of rotatable bonds is 1. The van der Waals surface area contributed by atoms with Gasteiger partial charge in [-0.15, -0.1) is 12.6 Å². The van der Waals surface area contributed by atoms with E-state index in [1.165, 1.54) is 0 Å². The number of aromatic nitrogens is 1. The number of nitrogens with zero attached hydrogens (tertiary/aromatic N) is 1. The Morgan fingerprint density at radius 3 is 2.82 bits per heavy atom. The molecule has 0 saturated heterocycles. The molecule has 0 bridgehead atoms. The van der Waals surface area contributed by atoms with Crippen molar-refractivity contribution >= 4 is 30.3 Å². The van der Waals surface area contributed by atoms with E-state index in [2.05, 4.69) is 17.6 Å². The van der Waals surface area contributed by atoms with E-state index in [4.69, 9.17) is 11.6 Å². The monoisotopic (exact) mass is 185 g/mol. The molecule has 0 N–H and O–H groups in total. The SMILES string of the molecule is Cc1ccc(/C=C(\S)Cl)cn1. The summed E-state index contributed by atoms with van der Waals surface area (Å²) in [7, 11) is 0. The van der Waals surface area contributed by atoms with Crippen molar-refractivity contribution in [2.45, 2.75) is 6.92 Å². The van der Waals surface area contributed by atoms with Gasteiger partial charge in [0.05, 0.1) is 4.36 Å². The van der Waals surface area contributed by atoms with Gasteiger partial charge in [0.1, 0.15) is 0 Å². The fourth-order valence-electron chi connectivity index (χ4n) is 0.702. The second-order valence-corrected chi connectivity index (χ2v) is 3.35. The first-order valence-corrected chi connectivity index (χ1v) is 4.00. The van der Waals surface area contributed by atoms with Crippen molar-refractivity contribution in [1.29, 1.82) is 0 Å². The van der Waals surface area contributed by atoms with E-state index in [0.717, 1.165) is 11.3 Å². The number of hydrogen-bond donors (Lipinski definition) is 1. The van der Waals surface area contributed by atoms with E-state index in [-0.39, 0.29) is 0 Å². The lowest BCUT2D eigenvalue weighted by molar-refractivity contribution is 1.19. The molecule has 0 aliphatic rings. The van der Waals surface area contributed by atoms with Crippen LogP contribution in [0.1, 0.15) is 11.3 Å². The third kappa shape index (κ3) is 2.95. The Morgan fingerprint density at radius 2 is 2.36 bits per heavy atom. The molecule has 1 rings (SSSR count). The van der Waals surface area contributed by atoms with Crippen molar-refractivity contribution in [1.82, 2.24) is 4.98 Å². The second-order valence-electron chi connectivity index (χ2n) is 2.20. The Kier molecular flexibility index (Phi) is 2.97. The zero-order valence-corrected chi connectivity index (χ0v) is 7.73. The molecular formula is C8H8ClNS. The maximum Gasteiger partial charge on any atom is 0.0710 e. The van der Waals surface area contributed by atoms with Crippen LogP contribution in [0, 0.1) is 6.92 Å². The van der Waals surface area contributed by atoms with Gasteiger partial charge in [-0.25, -0.2) is 0 Å². The lowest BCUT2D eigenvalue weighted by Crippen LogP contribution is -1.79. The molecular weight excluding hydrogens is 178 g/mol. The lowest BCUT2D eigenvalue weighted by Gasteiger charge is -1.93. The Bertz CT molecular complexity index is 262. The minimum Gasteiger partial charge on any atom is -0.261 e. The number of aryl methyl sites for hydroxylation is 1. The first kappa shape index (κ1) is 8.62. The second kappa shape index (κ2) is 3.79. The minimum atomic E-state index is 0.468. The van der Waals surface area contributed by atoms with Gasteiger partial charge in [0, 0.05) is 11.9 Å². The van der Waals surface area contributed by atoms with Crippen LogP contribution < -0.4 is 0 Å². The molecule has 0 aromatic carbocycles. The van der Waals surface area contributed by atoms with Gasteiger partial charge in [0.2, 0.25) is 0 Å². The summed E-state index contributed by atoms with van der Waals surface area (Å²) >= 11 is 9.48. The smallest absolute Gasteiger partial charge is 0.0710 e. The molecule has 11 heavy (non-hydrogen) atoms. The summed E-state index contributed by atoms with van der Waals surface area (Å²) in [6.07, 6.45) is 3.50. The summed E-state index contributed by atoms with van der Waals surface area (Å²) in [6, 6.07) is 3.88.